The van der Waals surface area contributed by atoms with E-state index >= 15 is 0 Å². The summed E-state index contributed by atoms with van der Waals surface area (Å²) in [4.78, 5) is 0. The zero-order valence-corrected chi connectivity index (χ0v) is 14.6. The fraction of sp³-hybridized carbons (Fsp3) is 0.300. The molecule has 0 aliphatic carbocycles. The highest BCUT2D eigenvalue weighted by Crippen LogP contribution is 2.38. The van der Waals surface area contributed by atoms with Crippen molar-refractivity contribution >= 4 is 24.3 Å². The highest BCUT2D eigenvalue weighted by molar-refractivity contribution is 6.62. The van der Waals surface area contributed by atoms with E-state index in [-0.39, 0.29) is 18.3 Å². The molecule has 4 heteroatoms. The van der Waals surface area contributed by atoms with Gasteiger partial charge in [-0.3, -0.25) is 0 Å². The summed E-state index contributed by atoms with van der Waals surface area (Å²) in [5.74, 6) is 0. The molecule has 1 fully saturated rings. The summed E-state index contributed by atoms with van der Waals surface area (Å²) < 4.78 is 12.4. The lowest BCUT2D eigenvalue weighted by molar-refractivity contribution is 0.00578. The Hall–Kier alpha value is -2.04. The quantitative estimate of drug-likeness (QED) is 0.805. The summed E-state index contributed by atoms with van der Waals surface area (Å²) in [5.41, 5.74) is 5.07. The van der Waals surface area contributed by atoms with Crippen LogP contribution in [0, 0.1) is 0 Å². The fourth-order valence-corrected chi connectivity index (χ4v) is 3.15. The van der Waals surface area contributed by atoms with Crippen molar-refractivity contribution in [2.75, 3.05) is 5.32 Å². The minimum Gasteiger partial charge on any atom is -0.399 e. The summed E-state index contributed by atoms with van der Waals surface area (Å²) >= 11 is 0. The number of fused-ring (bicyclic) bond motifs is 3. The van der Waals surface area contributed by atoms with Crippen LogP contribution >= 0.6 is 0 Å². The zero-order chi connectivity index (χ0) is 16.9. The van der Waals surface area contributed by atoms with E-state index in [9.17, 15) is 0 Å². The smallest absolute Gasteiger partial charge is 0.399 e. The molecule has 1 saturated heterocycles. The highest BCUT2D eigenvalue weighted by Gasteiger charge is 2.51. The largest absolute Gasteiger partial charge is 0.494 e. The van der Waals surface area contributed by atoms with E-state index < -0.39 is 0 Å². The van der Waals surface area contributed by atoms with Crippen molar-refractivity contribution in [1.82, 2.24) is 0 Å². The van der Waals surface area contributed by atoms with Crippen molar-refractivity contribution in [3.8, 4) is 11.1 Å². The Morgan fingerprint density at radius 2 is 1.58 bits per heavy atom. The monoisotopic (exact) mass is 319 g/mol. The third-order valence-corrected chi connectivity index (χ3v) is 5.32. The molecule has 0 radical (unpaired) electrons. The Morgan fingerprint density at radius 3 is 2.33 bits per heavy atom. The van der Waals surface area contributed by atoms with E-state index in [1.165, 1.54) is 16.7 Å². The summed E-state index contributed by atoms with van der Waals surface area (Å²) in [6.07, 6.45) is 4.09. The fourth-order valence-electron chi connectivity index (χ4n) is 3.15. The first-order valence-electron chi connectivity index (χ1n) is 8.39. The van der Waals surface area contributed by atoms with E-state index in [1.54, 1.807) is 0 Å². The van der Waals surface area contributed by atoms with Crippen molar-refractivity contribution in [3.05, 3.63) is 54.2 Å². The number of anilines is 1. The molecule has 1 N–H and O–H groups in total. The lowest BCUT2D eigenvalue weighted by atomic mass is 9.77. The molecule has 0 unspecified atom stereocenters. The summed E-state index contributed by atoms with van der Waals surface area (Å²) in [6, 6.07) is 14.8. The van der Waals surface area contributed by atoms with Gasteiger partial charge in [0, 0.05) is 17.5 Å². The molecular weight excluding hydrogens is 297 g/mol. The molecule has 0 spiro atoms. The van der Waals surface area contributed by atoms with Gasteiger partial charge in [0.15, 0.2) is 0 Å². The molecule has 3 nitrogen and oxygen atoms in total. The number of hydrogen-bond donors (Lipinski definition) is 1. The Balaban J connectivity index is 1.78. The maximum Gasteiger partial charge on any atom is 0.494 e. The first-order chi connectivity index (χ1) is 11.4. The molecule has 2 aliphatic rings. The van der Waals surface area contributed by atoms with Crippen LogP contribution < -0.4 is 10.8 Å². The van der Waals surface area contributed by atoms with E-state index in [4.69, 9.17) is 9.31 Å². The molecule has 2 heterocycles. The van der Waals surface area contributed by atoms with Crippen molar-refractivity contribution in [1.29, 1.82) is 0 Å². The van der Waals surface area contributed by atoms with Crippen LogP contribution in [0.1, 0.15) is 33.3 Å². The number of benzene rings is 2. The van der Waals surface area contributed by atoms with Gasteiger partial charge in [0.1, 0.15) is 0 Å². The molecule has 2 aliphatic heterocycles. The highest BCUT2D eigenvalue weighted by atomic mass is 16.7. The number of hydrogen-bond acceptors (Lipinski definition) is 3. The molecule has 2 aromatic rings. The Morgan fingerprint density at radius 1 is 0.875 bits per heavy atom. The van der Waals surface area contributed by atoms with Crippen LogP contribution in [-0.2, 0) is 9.31 Å². The molecule has 4 rings (SSSR count). The first kappa shape index (κ1) is 15.5. The van der Waals surface area contributed by atoms with Gasteiger partial charge in [-0.05, 0) is 56.4 Å². The second-order valence-corrected chi connectivity index (χ2v) is 7.46. The van der Waals surface area contributed by atoms with Crippen LogP contribution in [0.25, 0.3) is 17.2 Å². The van der Waals surface area contributed by atoms with Gasteiger partial charge in [-0.15, -0.1) is 0 Å². The Labute approximate surface area is 143 Å². The second-order valence-electron chi connectivity index (χ2n) is 7.46. The topological polar surface area (TPSA) is 30.5 Å². The van der Waals surface area contributed by atoms with Crippen molar-refractivity contribution < 1.29 is 9.31 Å². The predicted molar refractivity (Wildman–Crippen MR) is 100 cm³/mol. The third kappa shape index (κ3) is 2.38. The van der Waals surface area contributed by atoms with Crippen LogP contribution in [0.4, 0.5) is 5.69 Å². The average Bonchev–Trinajstić information content (AvgIpc) is 2.69. The van der Waals surface area contributed by atoms with Gasteiger partial charge in [0.25, 0.3) is 0 Å². The van der Waals surface area contributed by atoms with Crippen LogP contribution in [-0.4, -0.2) is 18.3 Å². The molecule has 0 atom stereocenters. The lowest BCUT2D eigenvalue weighted by Crippen LogP contribution is -2.41. The van der Waals surface area contributed by atoms with Crippen molar-refractivity contribution in [2.45, 2.75) is 38.9 Å². The minimum atomic E-state index is -0.344. The summed E-state index contributed by atoms with van der Waals surface area (Å²) in [6.45, 7) is 8.32. The zero-order valence-electron chi connectivity index (χ0n) is 14.6. The molecule has 0 amide bonds. The van der Waals surface area contributed by atoms with E-state index in [2.05, 4.69) is 81.6 Å². The SMILES string of the molecule is CC1(C)OB(c2ccc3c(c2)-c2ccccc2C=CN3)OC1(C)C. The van der Waals surface area contributed by atoms with Gasteiger partial charge in [0.05, 0.1) is 11.2 Å². The second kappa shape index (κ2) is 5.23. The summed E-state index contributed by atoms with van der Waals surface area (Å²) in [5, 5.41) is 3.36. The first-order valence-corrected chi connectivity index (χ1v) is 8.39. The maximum atomic E-state index is 6.20. The van der Waals surface area contributed by atoms with Crippen LogP contribution in [0.5, 0.6) is 0 Å². The molecule has 0 saturated carbocycles. The van der Waals surface area contributed by atoms with Crippen molar-refractivity contribution in [3.63, 3.8) is 0 Å². The van der Waals surface area contributed by atoms with Crippen LogP contribution in [0.15, 0.2) is 48.7 Å². The summed E-state index contributed by atoms with van der Waals surface area (Å²) in [7, 11) is -0.344. The lowest BCUT2D eigenvalue weighted by Gasteiger charge is -2.32. The van der Waals surface area contributed by atoms with Gasteiger partial charge in [-0.25, -0.2) is 0 Å². The number of rotatable bonds is 1. The van der Waals surface area contributed by atoms with Gasteiger partial charge in [-0.2, -0.15) is 0 Å². The van der Waals surface area contributed by atoms with Gasteiger partial charge in [-0.1, -0.05) is 36.4 Å². The van der Waals surface area contributed by atoms with Gasteiger partial charge >= 0.3 is 7.12 Å². The van der Waals surface area contributed by atoms with Gasteiger partial charge < -0.3 is 14.6 Å². The normalized spacial score (nSPS) is 20.1. The van der Waals surface area contributed by atoms with E-state index in [1.807, 2.05) is 6.20 Å². The Kier molecular flexibility index (Phi) is 3.38. The molecule has 122 valence electrons. The Bertz CT molecular complexity index is 810. The van der Waals surface area contributed by atoms with Crippen LogP contribution in [0.3, 0.4) is 0 Å². The standard InChI is InChI=1S/C20H22BNO2/c1-19(2)20(3,4)24-21(23-19)15-9-10-18-17(13-15)16-8-6-5-7-14(16)11-12-22-18/h5-13,22H,1-4H3. The average molecular weight is 319 g/mol. The molecule has 2 aromatic carbocycles. The van der Waals surface area contributed by atoms with E-state index in [0.717, 1.165) is 11.2 Å². The van der Waals surface area contributed by atoms with E-state index in [0.29, 0.717) is 0 Å². The molecule has 0 aromatic heterocycles. The number of nitrogens with one attached hydrogen (secondary N) is 1. The minimum absolute atomic E-state index is 0.331. The molecule has 0 bridgehead atoms. The predicted octanol–water partition coefficient (Wildman–Crippen LogP) is 4.05. The molecular formula is C20H22BNO2. The van der Waals surface area contributed by atoms with Crippen molar-refractivity contribution in [2.24, 2.45) is 0 Å². The van der Waals surface area contributed by atoms with Gasteiger partial charge in [0.2, 0.25) is 0 Å². The maximum absolute atomic E-state index is 6.20. The molecule has 24 heavy (non-hydrogen) atoms. The third-order valence-electron chi connectivity index (χ3n) is 5.32. The van der Waals surface area contributed by atoms with Crippen LogP contribution in [0.2, 0.25) is 0 Å².